The minimum atomic E-state index is -4.23. The standard InChI is InChI=1S/C12H17O4P.Na/c13-17(14,15-11-7-3-1-4-8-11)16-12-9-5-2-6-10-12;/h1,3-4,7-8,12H,2,5-6,9-10H2,(H,13,14);/q;+1/p-1. The minimum Gasteiger partial charge on any atom is -0.746 e. The van der Waals surface area contributed by atoms with Crippen LogP contribution in [0.15, 0.2) is 30.3 Å². The SMILES string of the molecule is O=P([O-])(Oc1ccccc1)OC1CCCCC1.[Na+]. The van der Waals surface area contributed by atoms with Crippen LogP contribution in [-0.2, 0) is 9.09 Å². The van der Waals surface area contributed by atoms with Crippen LogP contribution in [0, 0.1) is 0 Å². The van der Waals surface area contributed by atoms with Crippen molar-refractivity contribution in [1.82, 2.24) is 0 Å². The molecule has 1 aliphatic rings. The Morgan fingerprint density at radius 3 is 2.33 bits per heavy atom. The predicted octanol–water partition coefficient (Wildman–Crippen LogP) is -0.113. The van der Waals surface area contributed by atoms with Gasteiger partial charge in [0.25, 0.3) is 0 Å². The first-order chi connectivity index (χ1) is 8.16. The first-order valence-corrected chi connectivity index (χ1v) is 7.36. The summed E-state index contributed by atoms with van der Waals surface area (Å²) in [5.41, 5.74) is 0. The van der Waals surface area contributed by atoms with Gasteiger partial charge in [0.1, 0.15) is 5.75 Å². The van der Waals surface area contributed by atoms with Gasteiger partial charge in [-0.2, -0.15) is 0 Å². The quantitative estimate of drug-likeness (QED) is 0.569. The summed E-state index contributed by atoms with van der Waals surface area (Å²) in [7, 11) is -4.23. The molecule has 4 nitrogen and oxygen atoms in total. The maximum atomic E-state index is 11.7. The second-order valence-electron chi connectivity index (χ2n) is 4.22. The largest absolute Gasteiger partial charge is 1.00 e. The van der Waals surface area contributed by atoms with Crippen molar-refractivity contribution in [3.63, 3.8) is 0 Å². The molecule has 1 aliphatic carbocycles. The molecule has 0 radical (unpaired) electrons. The molecule has 0 aromatic heterocycles. The number of phosphoric ester groups is 1. The average Bonchev–Trinajstić information content (AvgIpc) is 2.30. The van der Waals surface area contributed by atoms with Gasteiger partial charge in [0.2, 0.25) is 0 Å². The van der Waals surface area contributed by atoms with E-state index in [1.165, 1.54) is 0 Å². The number of para-hydroxylation sites is 1. The van der Waals surface area contributed by atoms with Gasteiger partial charge in [0.05, 0.1) is 6.10 Å². The fraction of sp³-hybridized carbons (Fsp3) is 0.500. The van der Waals surface area contributed by atoms with E-state index >= 15 is 0 Å². The van der Waals surface area contributed by atoms with Gasteiger partial charge in [-0.1, -0.05) is 37.5 Å². The van der Waals surface area contributed by atoms with E-state index in [-0.39, 0.29) is 35.7 Å². The molecule has 0 saturated heterocycles. The molecule has 6 heteroatoms. The third-order valence-corrected chi connectivity index (χ3v) is 3.78. The van der Waals surface area contributed by atoms with E-state index in [4.69, 9.17) is 9.05 Å². The molecule has 1 aromatic rings. The van der Waals surface area contributed by atoms with Crippen molar-refractivity contribution >= 4 is 7.82 Å². The van der Waals surface area contributed by atoms with Crippen LogP contribution in [-0.4, -0.2) is 6.10 Å². The van der Waals surface area contributed by atoms with Crippen molar-refractivity contribution in [2.75, 3.05) is 0 Å². The molecule has 1 aromatic carbocycles. The van der Waals surface area contributed by atoms with Crippen molar-refractivity contribution in [3.05, 3.63) is 30.3 Å². The Hall–Kier alpha value is 0.170. The van der Waals surface area contributed by atoms with Gasteiger partial charge in [0, 0.05) is 0 Å². The zero-order valence-corrected chi connectivity index (χ0v) is 13.5. The summed E-state index contributed by atoms with van der Waals surface area (Å²) in [6.45, 7) is 0. The molecule has 0 aliphatic heterocycles. The van der Waals surface area contributed by atoms with E-state index < -0.39 is 7.82 Å². The summed E-state index contributed by atoms with van der Waals surface area (Å²) in [5.74, 6) is 0.293. The van der Waals surface area contributed by atoms with Crippen LogP contribution in [0.4, 0.5) is 0 Å². The molecular weight excluding hydrogens is 262 g/mol. The fourth-order valence-corrected chi connectivity index (χ4v) is 2.98. The van der Waals surface area contributed by atoms with Gasteiger partial charge in [0.15, 0.2) is 0 Å². The van der Waals surface area contributed by atoms with Gasteiger partial charge >= 0.3 is 37.4 Å². The van der Waals surface area contributed by atoms with Crippen LogP contribution in [0.5, 0.6) is 5.75 Å². The molecule has 1 fully saturated rings. The molecule has 1 saturated carbocycles. The molecule has 94 valence electrons. The van der Waals surface area contributed by atoms with Crippen molar-refractivity contribution < 1.29 is 48.1 Å². The number of rotatable bonds is 4. The first-order valence-electron chi connectivity index (χ1n) is 5.90. The summed E-state index contributed by atoms with van der Waals surface area (Å²) in [5, 5.41) is 0. The Morgan fingerprint density at radius 2 is 1.72 bits per heavy atom. The smallest absolute Gasteiger partial charge is 0.746 e. The number of hydrogen-bond donors (Lipinski definition) is 0. The fourth-order valence-electron chi connectivity index (χ4n) is 1.99. The van der Waals surface area contributed by atoms with Gasteiger partial charge in [-0.3, -0.25) is 4.57 Å². The van der Waals surface area contributed by atoms with Gasteiger partial charge < -0.3 is 13.9 Å². The van der Waals surface area contributed by atoms with E-state index in [9.17, 15) is 9.46 Å². The number of hydrogen-bond acceptors (Lipinski definition) is 4. The summed E-state index contributed by atoms with van der Waals surface area (Å²) >= 11 is 0. The first kappa shape index (κ1) is 16.2. The van der Waals surface area contributed by atoms with E-state index in [1.807, 2.05) is 0 Å². The molecule has 0 spiro atoms. The van der Waals surface area contributed by atoms with Crippen LogP contribution in [0.1, 0.15) is 32.1 Å². The van der Waals surface area contributed by atoms with E-state index in [2.05, 4.69) is 0 Å². The van der Waals surface area contributed by atoms with Crippen molar-refractivity contribution in [3.8, 4) is 5.75 Å². The maximum Gasteiger partial charge on any atom is 1.00 e. The van der Waals surface area contributed by atoms with Crippen LogP contribution in [0.2, 0.25) is 0 Å². The summed E-state index contributed by atoms with van der Waals surface area (Å²) in [4.78, 5) is 11.7. The summed E-state index contributed by atoms with van der Waals surface area (Å²) in [6.07, 6.45) is 4.58. The molecule has 1 atom stereocenters. The third-order valence-electron chi connectivity index (χ3n) is 2.79. The average molecular weight is 278 g/mol. The number of phosphoric acid groups is 1. The molecule has 1 unspecified atom stereocenters. The van der Waals surface area contributed by atoms with Crippen LogP contribution < -0.4 is 39.0 Å². The Bertz CT molecular complexity index is 392. The zero-order valence-electron chi connectivity index (χ0n) is 10.6. The molecule has 18 heavy (non-hydrogen) atoms. The third kappa shape index (κ3) is 5.43. The van der Waals surface area contributed by atoms with Crippen LogP contribution >= 0.6 is 7.82 Å². The van der Waals surface area contributed by atoms with Gasteiger partial charge in [-0.05, 0) is 25.0 Å². The topological polar surface area (TPSA) is 58.6 Å². The maximum absolute atomic E-state index is 11.7. The van der Waals surface area contributed by atoms with Gasteiger partial charge in [-0.15, -0.1) is 0 Å². The summed E-state index contributed by atoms with van der Waals surface area (Å²) < 4.78 is 21.6. The minimum absolute atomic E-state index is 0. The Balaban J connectivity index is 0.00000162. The number of benzene rings is 1. The van der Waals surface area contributed by atoms with E-state index in [1.54, 1.807) is 30.3 Å². The molecule has 0 bridgehead atoms. The van der Waals surface area contributed by atoms with E-state index in [0.29, 0.717) is 5.75 Å². The molecule has 0 heterocycles. The Kier molecular flexibility index (Phi) is 6.93. The molecule has 0 amide bonds. The normalized spacial score (nSPS) is 19.6. The van der Waals surface area contributed by atoms with Crippen LogP contribution in [0.3, 0.4) is 0 Å². The second-order valence-corrected chi connectivity index (χ2v) is 5.50. The predicted molar refractivity (Wildman–Crippen MR) is 62.6 cm³/mol. The van der Waals surface area contributed by atoms with Crippen LogP contribution in [0.25, 0.3) is 0 Å². The van der Waals surface area contributed by atoms with Crippen molar-refractivity contribution in [2.24, 2.45) is 0 Å². The molecule has 2 rings (SSSR count). The van der Waals surface area contributed by atoms with E-state index in [0.717, 1.165) is 32.1 Å². The van der Waals surface area contributed by atoms with Crippen molar-refractivity contribution in [2.45, 2.75) is 38.2 Å². The van der Waals surface area contributed by atoms with Gasteiger partial charge in [-0.25, -0.2) is 0 Å². The molecular formula is C12H16NaO4P. The summed E-state index contributed by atoms with van der Waals surface area (Å²) in [6, 6.07) is 8.42. The second kappa shape index (κ2) is 7.68. The van der Waals surface area contributed by atoms with Crippen molar-refractivity contribution in [1.29, 1.82) is 0 Å². The Labute approximate surface area is 130 Å². The molecule has 0 N–H and O–H groups in total. The Morgan fingerprint density at radius 1 is 1.11 bits per heavy atom. The zero-order chi connectivity index (χ0) is 12.1. The monoisotopic (exact) mass is 278 g/mol.